The van der Waals surface area contributed by atoms with Crippen molar-refractivity contribution in [3.05, 3.63) is 34.3 Å². The lowest BCUT2D eigenvalue weighted by Gasteiger charge is -2.39. The second-order valence-electron chi connectivity index (χ2n) is 7.58. The minimum Gasteiger partial charge on any atom is -0.271 e. The van der Waals surface area contributed by atoms with Crippen LogP contribution in [0.15, 0.2) is 28.7 Å². The minimum atomic E-state index is 0.395. The first-order valence-electron chi connectivity index (χ1n) is 8.10. The number of hydrogen-bond acceptors (Lipinski definition) is 2. The van der Waals surface area contributed by atoms with Gasteiger partial charge in [0.05, 0.1) is 0 Å². The van der Waals surface area contributed by atoms with E-state index in [2.05, 4.69) is 66.4 Å². The van der Waals surface area contributed by atoms with Gasteiger partial charge in [-0.25, -0.2) is 0 Å². The summed E-state index contributed by atoms with van der Waals surface area (Å²) < 4.78 is 1.13. The molecular formula is C18H29BrN2. The summed E-state index contributed by atoms with van der Waals surface area (Å²) in [6.45, 7) is 7.12. The summed E-state index contributed by atoms with van der Waals surface area (Å²) in [5.74, 6) is 7.41. The minimum absolute atomic E-state index is 0.395. The largest absolute Gasteiger partial charge is 0.271 e. The van der Waals surface area contributed by atoms with Crippen molar-refractivity contribution < 1.29 is 0 Å². The second kappa shape index (κ2) is 7.26. The smallest absolute Gasteiger partial charge is 0.0279 e. The van der Waals surface area contributed by atoms with E-state index in [0.717, 1.165) is 16.8 Å². The van der Waals surface area contributed by atoms with Gasteiger partial charge in [-0.3, -0.25) is 11.3 Å². The van der Waals surface area contributed by atoms with Crippen molar-refractivity contribution in [3.63, 3.8) is 0 Å². The maximum absolute atomic E-state index is 5.84. The summed E-state index contributed by atoms with van der Waals surface area (Å²) in [6, 6.07) is 9.00. The number of hydrogen-bond donors (Lipinski definition) is 2. The van der Waals surface area contributed by atoms with E-state index in [-0.39, 0.29) is 0 Å². The fourth-order valence-corrected chi connectivity index (χ4v) is 3.89. The predicted molar refractivity (Wildman–Crippen MR) is 93.9 cm³/mol. The molecule has 118 valence electrons. The van der Waals surface area contributed by atoms with Crippen molar-refractivity contribution in [3.8, 4) is 0 Å². The maximum Gasteiger partial charge on any atom is 0.0279 e. The van der Waals surface area contributed by atoms with Crippen LogP contribution in [0.1, 0.15) is 52.0 Å². The van der Waals surface area contributed by atoms with Crippen molar-refractivity contribution in [2.24, 2.45) is 23.1 Å². The standard InChI is InChI=1S/C18H29BrN2/c1-18(2,3)15-8-6-14(7-9-15)17(21-20)12-13-4-10-16(19)11-5-13/h4-5,10-11,14-15,17,21H,6-9,12,20H2,1-3H3. The lowest BCUT2D eigenvalue weighted by Crippen LogP contribution is -2.44. The topological polar surface area (TPSA) is 38.0 Å². The zero-order chi connectivity index (χ0) is 15.5. The molecule has 1 saturated carbocycles. The molecule has 1 aliphatic rings. The van der Waals surface area contributed by atoms with E-state index in [1.165, 1.54) is 31.2 Å². The SMILES string of the molecule is CC(C)(C)C1CCC(C(Cc2ccc(Br)cc2)NN)CC1. The fourth-order valence-electron chi connectivity index (χ4n) is 3.62. The summed E-state index contributed by atoms with van der Waals surface area (Å²) in [6.07, 6.45) is 6.30. The Balaban J connectivity index is 1.92. The average Bonchev–Trinajstić information content (AvgIpc) is 2.46. The molecule has 1 aromatic rings. The Labute approximate surface area is 138 Å². The number of nitrogens with one attached hydrogen (secondary N) is 1. The third kappa shape index (κ3) is 4.80. The lowest BCUT2D eigenvalue weighted by molar-refractivity contribution is 0.132. The Bertz CT molecular complexity index is 428. The van der Waals surface area contributed by atoms with E-state index >= 15 is 0 Å². The number of rotatable bonds is 4. The van der Waals surface area contributed by atoms with Gasteiger partial charge in [0, 0.05) is 10.5 Å². The van der Waals surface area contributed by atoms with Crippen LogP contribution >= 0.6 is 15.9 Å². The highest BCUT2D eigenvalue weighted by Crippen LogP contribution is 2.40. The molecule has 21 heavy (non-hydrogen) atoms. The van der Waals surface area contributed by atoms with Crippen LogP contribution in [0.4, 0.5) is 0 Å². The monoisotopic (exact) mass is 352 g/mol. The second-order valence-corrected chi connectivity index (χ2v) is 8.50. The molecule has 0 saturated heterocycles. The third-order valence-corrected chi connectivity index (χ3v) is 5.68. The number of nitrogens with two attached hydrogens (primary N) is 1. The maximum atomic E-state index is 5.84. The Morgan fingerprint density at radius 2 is 1.71 bits per heavy atom. The normalized spacial score (nSPS) is 24.8. The molecule has 0 bridgehead atoms. The van der Waals surface area contributed by atoms with E-state index in [0.29, 0.717) is 17.4 Å². The van der Waals surface area contributed by atoms with Crippen LogP contribution in [0.5, 0.6) is 0 Å². The van der Waals surface area contributed by atoms with Gasteiger partial charge in [-0.15, -0.1) is 0 Å². The quantitative estimate of drug-likeness (QED) is 0.609. The highest BCUT2D eigenvalue weighted by atomic mass is 79.9. The van der Waals surface area contributed by atoms with Crippen LogP contribution in [-0.2, 0) is 6.42 Å². The van der Waals surface area contributed by atoms with Crippen LogP contribution < -0.4 is 11.3 Å². The predicted octanol–water partition coefficient (Wildman–Crippen LogP) is 4.68. The molecule has 3 heteroatoms. The van der Waals surface area contributed by atoms with Crippen molar-refractivity contribution >= 4 is 15.9 Å². The van der Waals surface area contributed by atoms with Gasteiger partial charge in [-0.05, 0) is 67.1 Å². The van der Waals surface area contributed by atoms with Gasteiger partial charge in [0.15, 0.2) is 0 Å². The first-order chi connectivity index (χ1) is 9.90. The summed E-state index contributed by atoms with van der Waals surface area (Å²) in [5, 5.41) is 0. The molecule has 0 radical (unpaired) electrons. The lowest BCUT2D eigenvalue weighted by atomic mass is 9.68. The Morgan fingerprint density at radius 3 is 2.19 bits per heavy atom. The summed E-state index contributed by atoms with van der Waals surface area (Å²) in [7, 11) is 0. The van der Waals surface area contributed by atoms with E-state index < -0.39 is 0 Å². The van der Waals surface area contributed by atoms with Gasteiger partial charge in [0.2, 0.25) is 0 Å². The highest BCUT2D eigenvalue weighted by molar-refractivity contribution is 9.10. The fraction of sp³-hybridized carbons (Fsp3) is 0.667. The van der Waals surface area contributed by atoms with Gasteiger partial charge in [-0.2, -0.15) is 0 Å². The van der Waals surface area contributed by atoms with Gasteiger partial charge < -0.3 is 0 Å². The number of benzene rings is 1. The molecular weight excluding hydrogens is 324 g/mol. The van der Waals surface area contributed by atoms with E-state index in [1.807, 2.05) is 0 Å². The van der Waals surface area contributed by atoms with Crippen LogP contribution in [0.3, 0.4) is 0 Å². The molecule has 1 aromatic carbocycles. The van der Waals surface area contributed by atoms with Gasteiger partial charge in [0.1, 0.15) is 0 Å². The highest BCUT2D eigenvalue weighted by Gasteiger charge is 2.32. The molecule has 2 nitrogen and oxygen atoms in total. The van der Waals surface area contributed by atoms with Crippen LogP contribution in [0.25, 0.3) is 0 Å². The molecule has 1 aliphatic carbocycles. The third-order valence-electron chi connectivity index (χ3n) is 5.15. The van der Waals surface area contributed by atoms with Crippen molar-refractivity contribution in [1.29, 1.82) is 0 Å². The van der Waals surface area contributed by atoms with Crippen molar-refractivity contribution in [2.75, 3.05) is 0 Å². The first kappa shape index (κ1) is 17.0. The zero-order valence-electron chi connectivity index (χ0n) is 13.5. The summed E-state index contributed by atoms with van der Waals surface area (Å²) in [4.78, 5) is 0. The summed E-state index contributed by atoms with van der Waals surface area (Å²) >= 11 is 3.49. The van der Waals surface area contributed by atoms with Crippen molar-refractivity contribution in [2.45, 2.75) is 58.9 Å². The molecule has 0 spiro atoms. The molecule has 0 aromatic heterocycles. The molecule has 0 heterocycles. The Morgan fingerprint density at radius 1 is 1.14 bits per heavy atom. The van der Waals surface area contributed by atoms with Gasteiger partial charge >= 0.3 is 0 Å². The van der Waals surface area contributed by atoms with Gasteiger partial charge in [-0.1, -0.05) is 48.8 Å². The number of hydrazine groups is 1. The number of halogens is 1. The molecule has 1 atom stereocenters. The van der Waals surface area contributed by atoms with Crippen molar-refractivity contribution in [1.82, 2.24) is 5.43 Å². The van der Waals surface area contributed by atoms with E-state index in [9.17, 15) is 0 Å². The molecule has 1 fully saturated rings. The van der Waals surface area contributed by atoms with Crippen LogP contribution in [-0.4, -0.2) is 6.04 Å². The molecule has 0 amide bonds. The Kier molecular flexibility index (Phi) is 5.87. The molecule has 3 N–H and O–H groups in total. The van der Waals surface area contributed by atoms with E-state index in [1.54, 1.807) is 0 Å². The molecule has 0 aliphatic heterocycles. The summed E-state index contributed by atoms with van der Waals surface area (Å²) in [5.41, 5.74) is 4.88. The molecule has 1 unspecified atom stereocenters. The molecule has 2 rings (SSSR count). The van der Waals surface area contributed by atoms with Crippen LogP contribution in [0.2, 0.25) is 0 Å². The average molecular weight is 353 g/mol. The van der Waals surface area contributed by atoms with E-state index in [4.69, 9.17) is 5.84 Å². The van der Waals surface area contributed by atoms with Gasteiger partial charge in [0.25, 0.3) is 0 Å². The Hall–Kier alpha value is -0.380. The first-order valence-corrected chi connectivity index (χ1v) is 8.90. The van der Waals surface area contributed by atoms with Crippen LogP contribution in [0, 0.1) is 17.3 Å². The zero-order valence-corrected chi connectivity index (χ0v) is 15.1.